The van der Waals surface area contributed by atoms with Crippen LogP contribution in [0.15, 0.2) is 18.2 Å². The van der Waals surface area contributed by atoms with Crippen LogP contribution >= 0.6 is 11.8 Å². The van der Waals surface area contributed by atoms with Gasteiger partial charge in [-0.2, -0.15) is 0 Å². The largest absolute Gasteiger partial charge is 0.508 e. The van der Waals surface area contributed by atoms with Crippen LogP contribution in [0.3, 0.4) is 0 Å². The van der Waals surface area contributed by atoms with Crippen molar-refractivity contribution in [2.45, 2.75) is 6.42 Å². The maximum Gasteiger partial charge on any atom is 0.235 e. The maximum atomic E-state index is 11.6. The Morgan fingerprint density at radius 2 is 2.27 bits per heavy atom. The minimum absolute atomic E-state index is 0.104. The van der Waals surface area contributed by atoms with Gasteiger partial charge >= 0.3 is 0 Å². The van der Waals surface area contributed by atoms with Crippen LogP contribution in [0.25, 0.3) is 10.9 Å². The highest BCUT2D eigenvalue weighted by Gasteiger charge is 2.22. The van der Waals surface area contributed by atoms with Crippen molar-refractivity contribution in [2.24, 2.45) is 0 Å². The number of hydrogen-bond acceptors (Lipinski definition) is 3. The summed E-state index contributed by atoms with van der Waals surface area (Å²) in [5, 5.41) is 10.5. The first-order valence-corrected chi connectivity index (χ1v) is 5.75. The van der Waals surface area contributed by atoms with E-state index in [-0.39, 0.29) is 10.9 Å². The van der Waals surface area contributed by atoms with E-state index in [1.54, 1.807) is 18.2 Å². The van der Waals surface area contributed by atoms with E-state index in [0.717, 1.165) is 28.6 Å². The molecular weight excluding hydrogens is 210 g/mol. The normalized spacial score (nSPS) is 15.6. The van der Waals surface area contributed by atoms with Crippen molar-refractivity contribution in [3.8, 4) is 5.75 Å². The van der Waals surface area contributed by atoms with Crippen LogP contribution < -0.4 is 0 Å². The van der Waals surface area contributed by atoms with Crippen LogP contribution in [0.4, 0.5) is 0 Å². The third kappa shape index (κ3) is 1.25. The number of phenolic OH excluding ortho intramolecular Hbond substituents is 1. The van der Waals surface area contributed by atoms with Gasteiger partial charge in [0, 0.05) is 16.7 Å². The molecule has 1 aliphatic rings. The van der Waals surface area contributed by atoms with Crippen LogP contribution in [0.2, 0.25) is 0 Å². The average molecular weight is 219 g/mol. The number of phenols is 1. The molecule has 76 valence electrons. The van der Waals surface area contributed by atoms with Crippen LogP contribution in [0.5, 0.6) is 5.75 Å². The molecule has 2 aromatic rings. The third-order valence-electron chi connectivity index (χ3n) is 2.68. The number of hydrogen-bond donors (Lipinski definition) is 2. The quantitative estimate of drug-likeness (QED) is 0.714. The zero-order valence-electron chi connectivity index (χ0n) is 7.91. The minimum Gasteiger partial charge on any atom is -0.508 e. The summed E-state index contributed by atoms with van der Waals surface area (Å²) >= 11 is 1.35. The monoisotopic (exact) mass is 219 g/mol. The second kappa shape index (κ2) is 3.03. The number of aryl methyl sites for hydroxylation is 1. The summed E-state index contributed by atoms with van der Waals surface area (Å²) in [6, 6.07) is 5.15. The van der Waals surface area contributed by atoms with Crippen LogP contribution in [0, 0.1) is 0 Å². The van der Waals surface area contributed by atoms with E-state index in [9.17, 15) is 9.90 Å². The first-order chi connectivity index (χ1) is 7.25. The fraction of sp³-hybridized carbons (Fsp3) is 0.182. The molecule has 1 aliphatic heterocycles. The molecule has 0 unspecified atom stereocenters. The highest BCUT2D eigenvalue weighted by atomic mass is 32.2. The second-order valence-corrected chi connectivity index (χ2v) is 4.66. The lowest BCUT2D eigenvalue weighted by Crippen LogP contribution is -2.07. The molecule has 0 radical (unpaired) electrons. The molecule has 0 saturated heterocycles. The van der Waals surface area contributed by atoms with Crippen molar-refractivity contribution >= 4 is 27.8 Å². The lowest BCUT2D eigenvalue weighted by Gasteiger charge is -2.08. The Morgan fingerprint density at radius 1 is 1.40 bits per heavy atom. The molecule has 0 bridgehead atoms. The summed E-state index contributed by atoms with van der Waals surface area (Å²) in [6.07, 6.45) is 0.884. The molecule has 1 aromatic heterocycles. The van der Waals surface area contributed by atoms with Gasteiger partial charge in [0.05, 0.1) is 5.69 Å². The molecule has 0 saturated carbocycles. The fourth-order valence-electron chi connectivity index (χ4n) is 1.99. The van der Waals surface area contributed by atoms with Gasteiger partial charge < -0.3 is 10.1 Å². The molecule has 2 heterocycles. The standard InChI is InChI=1S/C11H9NO2S/c13-6-1-2-9-8(5-6)7-3-4-15-11(14)10(7)12-9/h1-2,5,12-13H,3-4H2. The first-order valence-electron chi connectivity index (χ1n) is 4.76. The first kappa shape index (κ1) is 8.85. The molecule has 15 heavy (non-hydrogen) atoms. The number of carbonyl (C=O) groups excluding carboxylic acids is 1. The van der Waals surface area contributed by atoms with Gasteiger partial charge in [-0.05, 0) is 30.2 Å². The number of nitrogens with one attached hydrogen (secondary N) is 1. The van der Waals surface area contributed by atoms with Gasteiger partial charge in [0.1, 0.15) is 5.75 Å². The highest BCUT2D eigenvalue weighted by molar-refractivity contribution is 8.14. The number of benzene rings is 1. The lowest BCUT2D eigenvalue weighted by atomic mass is 10.1. The molecule has 1 aromatic carbocycles. The molecule has 0 fully saturated rings. The number of H-pyrrole nitrogens is 1. The van der Waals surface area contributed by atoms with Crippen molar-refractivity contribution in [2.75, 3.05) is 5.75 Å². The number of fused-ring (bicyclic) bond motifs is 3. The predicted molar refractivity (Wildman–Crippen MR) is 60.5 cm³/mol. The number of aromatic hydroxyl groups is 1. The number of rotatable bonds is 0. The van der Waals surface area contributed by atoms with E-state index in [2.05, 4.69) is 4.98 Å². The van der Waals surface area contributed by atoms with Crippen molar-refractivity contribution in [3.63, 3.8) is 0 Å². The SMILES string of the molecule is O=C1SCCc2c1[nH]c1ccc(O)cc21. The molecule has 4 heteroatoms. The van der Waals surface area contributed by atoms with E-state index >= 15 is 0 Å². The molecule has 3 rings (SSSR count). The van der Waals surface area contributed by atoms with Crippen molar-refractivity contribution in [3.05, 3.63) is 29.5 Å². The number of aromatic nitrogens is 1. The molecule has 0 atom stereocenters. The molecule has 0 amide bonds. The van der Waals surface area contributed by atoms with Crippen molar-refractivity contribution in [1.29, 1.82) is 0 Å². The third-order valence-corrected chi connectivity index (χ3v) is 3.55. The van der Waals surface area contributed by atoms with Crippen LogP contribution in [0.1, 0.15) is 16.1 Å². The van der Waals surface area contributed by atoms with E-state index in [4.69, 9.17) is 0 Å². The topological polar surface area (TPSA) is 53.1 Å². The Hall–Kier alpha value is -1.42. The van der Waals surface area contributed by atoms with Crippen LogP contribution in [-0.2, 0) is 6.42 Å². The van der Waals surface area contributed by atoms with Crippen molar-refractivity contribution < 1.29 is 9.90 Å². The van der Waals surface area contributed by atoms with Gasteiger partial charge in [-0.1, -0.05) is 11.8 Å². The summed E-state index contributed by atoms with van der Waals surface area (Å²) in [5.74, 6) is 1.07. The fourth-order valence-corrected chi connectivity index (χ4v) is 2.80. The number of aromatic amines is 1. The summed E-state index contributed by atoms with van der Waals surface area (Å²) in [4.78, 5) is 14.7. The molecular formula is C11H9NO2S. The molecule has 3 nitrogen and oxygen atoms in total. The summed E-state index contributed by atoms with van der Waals surface area (Å²) in [7, 11) is 0. The van der Waals surface area contributed by atoms with E-state index in [1.807, 2.05) is 0 Å². The van der Waals surface area contributed by atoms with E-state index in [1.165, 1.54) is 11.8 Å². The second-order valence-electron chi connectivity index (χ2n) is 3.59. The lowest BCUT2D eigenvalue weighted by molar-refractivity contribution is 0.108. The smallest absolute Gasteiger partial charge is 0.235 e. The Bertz CT molecular complexity index is 559. The number of thioether (sulfide) groups is 1. The van der Waals surface area contributed by atoms with Gasteiger partial charge in [0.15, 0.2) is 0 Å². The summed E-state index contributed by atoms with van der Waals surface area (Å²) in [6.45, 7) is 0. The zero-order valence-corrected chi connectivity index (χ0v) is 8.73. The Balaban J connectivity index is 2.36. The zero-order chi connectivity index (χ0) is 10.4. The Kier molecular flexibility index (Phi) is 1.79. The molecule has 0 aliphatic carbocycles. The molecule has 2 N–H and O–H groups in total. The van der Waals surface area contributed by atoms with E-state index in [0.29, 0.717) is 5.69 Å². The van der Waals surface area contributed by atoms with Crippen molar-refractivity contribution in [1.82, 2.24) is 4.98 Å². The van der Waals surface area contributed by atoms with Crippen LogP contribution in [-0.4, -0.2) is 21.0 Å². The molecule has 0 spiro atoms. The maximum absolute atomic E-state index is 11.6. The average Bonchev–Trinajstić information content (AvgIpc) is 2.58. The summed E-state index contributed by atoms with van der Waals surface area (Å²) < 4.78 is 0. The van der Waals surface area contributed by atoms with Gasteiger partial charge in [0.25, 0.3) is 0 Å². The van der Waals surface area contributed by atoms with Gasteiger partial charge in [-0.15, -0.1) is 0 Å². The van der Waals surface area contributed by atoms with Gasteiger partial charge in [-0.25, -0.2) is 0 Å². The number of carbonyl (C=O) groups is 1. The Labute approximate surface area is 90.5 Å². The summed E-state index contributed by atoms with van der Waals surface area (Å²) in [5.41, 5.74) is 2.67. The Morgan fingerprint density at radius 3 is 3.13 bits per heavy atom. The van der Waals surface area contributed by atoms with E-state index < -0.39 is 0 Å². The van der Waals surface area contributed by atoms with Gasteiger partial charge in [-0.3, -0.25) is 4.79 Å². The van der Waals surface area contributed by atoms with Gasteiger partial charge in [0.2, 0.25) is 5.12 Å². The highest BCUT2D eigenvalue weighted by Crippen LogP contribution is 2.32. The minimum atomic E-state index is 0.104. The predicted octanol–water partition coefficient (Wildman–Crippen LogP) is 2.30.